The topological polar surface area (TPSA) is 31.4 Å². The molecule has 0 atom stereocenters. The van der Waals surface area contributed by atoms with Crippen molar-refractivity contribution in [1.82, 2.24) is 4.98 Å². The highest BCUT2D eigenvalue weighted by Crippen LogP contribution is 2.29. The summed E-state index contributed by atoms with van der Waals surface area (Å²) in [4.78, 5) is 4.43. The molecule has 0 spiro atoms. The van der Waals surface area contributed by atoms with E-state index in [1.807, 2.05) is 51.1 Å². The van der Waals surface area contributed by atoms with Crippen molar-refractivity contribution in [2.75, 3.05) is 6.61 Å². The number of nitrogens with zero attached hydrogens (tertiary/aromatic N) is 1. The standard InChI is InChI=1S/C16H18ClNO2/c1-4-19-13-6-5-7-14(9-13)20-16-15(10-17)11(2)8-12(3)18-16/h5-9H,4,10H2,1-3H3. The van der Waals surface area contributed by atoms with Crippen molar-refractivity contribution in [3.63, 3.8) is 0 Å². The number of pyridine rings is 1. The third kappa shape index (κ3) is 3.42. The van der Waals surface area contributed by atoms with Gasteiger partial charge in [-0.3, -0.25) is 0 Å². The maximum atomic E-state index is 5.99. The maximum Gasteiger partial charge on any atom is 0.224 e. The Morgan fingerprint density at radius 3 is 2.60 bits per heavy atom. The van der Waals surface area contributed by atoms with E-state index in [1.54, 1.807) is 0 Å². The summed E-state index contributed by atoms with van der Waals surface area (Å²) in [6.07, 6.45) is 0. The van der Waals surface area contributed by atoms with Gasteiger partial charge in [0.2, 0.25) is 5.88 Å². The van der Waals surface area contributed by atoms with Gasteiger partial charge in [0, 0.05) is 17.3 Å². The number of ether oxygens (including phenoxy) is 2. The van der Waals surface area contributed by atoms with Crippen LogP contribution in [-0.2, 0) is 5.88 Å². The molecule has 1 aromatic heterocycles. The van der Waals surface area contributed by atoms with E-state index >= 15 is 0 Å². The van der Waals surface area contributed by atoms with Gasteiger partial charge in [-0.25, -0.2) is 4.98 Å². The van der Waals surface area contributed by atoms with Crippen LogP contribution >= 0.6 is 11.6 Å². The SMILES string of the molecule is CCOc1cccc(Oc2nc(C)cc(C)c2CCl)c1. The van der Waals surface area contributed by atoms with Gasteiger partial charge in [0.15, 0.2) is 0 Å². The largest absolute Gasteiger partial charge is 0.494 e. The Morgan fingerprint density at radius 2 is 1.90 bits per heavy atom. The van der Waals surface area contributed by atoms with E-state index in [-0.39, 0.29) is 0 Å². The summed E-state index contributed by atoms with van der Waals surface area (Å²) in [5.74, 6) is 2.41. The van der Waals surface area contributed by atoms with Gasteiger partial charge in [-0.15, -0.1) is 11.6 Å². The number of rotatable bonds is 5. The molecule has 2 aromatic rings. The summed E-state index contributed by atoms with van der Waals surface area (Å²) < 4.78 is 11.3. The number of hydrogen-bond donors (Lipinski definition) is 0. The average molecular weight is 292 g/mol. The van der Waals surface area contributed by atoms with Gasteiger partial charge in [0.25, 0.3) is 0 Å². The van der Waals surface area contributed by atoms with Crippen LogP contribution in [0.4, 0.5) is 0 Å². The Kier molecular flexibility index (Phi) is 4.85. The van der Waals surface area contributed by atoms with Gasteiger partial charge in [0.05, 0.1) is 12.5 Å². The minimum atomic E-state index is 0.375. The van der Waals surface area contributed by atoms with E-state index in [4.69, 9.17) is 21.1 Å². The normalized spacial score (nSPS) is 10.4. The summed E-state index contributed by atoms with van der Waals surface area (Å²) in [6.45, 7) is 6.52. The Labute approximate surface area is 124 Å². The molecule has 20 heavy (non-hydrogen) atoms. The summed E-state index contributed by atoms with van der Waals surface area (Å²) in [7, 11) is 0. The average Bonchev–Trinajstić information content (AvgIpc) is 2.39. The monoisotopic (exact) mass is 291 g/mol. The minimum absolute atomic E-state index is 0.375. The van der Waals surface area contributed by atoms with E-state index in [0.29, 0.717) is 24.1 Å². The summed E-state index contributed by atoms with van der Waals surface area (Å²) in [6, 6.07) is 9.51. The third-order valence-corrected chi connectivity index (χ3v) is 3.17. The lowest BCUT2D eigenvalue weighted by atomic mass is 10.1. The molecule has 0 saturated carbocycles. The van der Waals surface area contributed by atoms with Crippen LogP contribution in [0.3, 0.4) is 0 Å². The zero-order chi connectivity index (χ0) is 14.5. The Balaban J connectivity index is 2.32. The Hall–Kier alpha value is -1.74. The van der Waals surface area contributed by atoms with Gasteiger partial charge in [-0.05, 0) is 44.5 Å². The summed E-state index contributed by atoms with van der Waals surface area (Å²) in [5.41, 5.74) is 2.91. The first kappa shape index (κ1) is 14.7. The lowest BCUT2D eigenvalue weighted by Crippen LogP contribution is -1.98. The van der Waals surface area contributed by atoms with Crippen molar-refractivity contribution in [1.29, 1.82) is 0 Å². The molecule has 1 aromatic carbocycles. The third-order valence-electron chi connectivity index (χ3n) is 2.90. The fourth-order valence-electron chi connectivity index (χ4n) is 1.98. The predicted octanol–water partition coefficient (Wildman–Crippen LogP) is 4.63. The van der Waals surface area contributed by atoms with Crippen LogP contribution in [0.25, 0.3) is 0 Å². The van der Waals surface area contributed by atoms with Crippen LogP contribution in [0.1, 0.15) is 23.7 Å². The molecular weight excluding hydrogens is 274 g/mol. The van der Waals surface area contributed by atoms with Crippen LogP contribution in [0.5, 0.6) is 17.4 Å². The van der Waals surface area contributed by atoms with Crippen molar-refractivity contribution in [2.45, 2.75) is 26.7 Å². The fourth-order valence-corrected chi connectivity index (χ4v) is 2.31. The molecular formula is C16H18ClNO2. The first-order valence-electron chi connectivity index (χ1n) is 6.57. The molecule has 0 aliphatic rings. The second-order valence-corrected chi connectivity index (χ2v) is 4.78. The second-order valence-electron chi connectivity index (χ2n) is 4.51. The first-order chi connectivity index (χ1) is 9.63. The molecule has 0 N–H and O–H groups in total. The lowest BCUT2D eigenvalue weighted by molar-refractivity contribution is 0.338. The number of aromatic nitrogens is 1. The Morgan fingerprint density at radius 1 is 1.15 bits per heavy atom. The van der Waals surface area contributed by atoms with Gasteiger partial charge < -0.3 is 9.47 Å². The van der Waals surface area contributed by atoms with Crippen LogP contribution < -0.4 is 9.47 Å². The zero-order valence-electron chi connectivity index (χ0n) is 11.9. The maximum absolute atomic E-state index is 5.99. The number of aryl methyl sites for hydroxylation is 2. The minimum Gasteiger partial charge on any atom is -0.494 e. The smallest absolute Gasteiger partial charge is 0.224 e. The molecule has 0 aliphatic carbocycles. The molecule has 4 heteroatoms. The molecule has 0 saturated heterocycles. The highest BCUT2D eigenvalue weighted by atomic mass is 35.5. The zero-order valence-corrected chi connectivity index (χ0v) is 12.7. The summed E-state index contributed by atoms with van der Waals surface area (Å²) in [5, 5.41) is 0. The van der Waals surface area contributed by atoms with Crippen LogP contribution in [0, 0.1) is 13.8 Å². The van der Waals surface area contributed by atoms with E-state index in [2.05, 4.69) is 4.98 Å². The molecule has 106 valence electrons. The molecule has 0 fully saturated rings. The van der Waals surface area contributed by atoms with E-state index in [0.717, 1.165) is 22.6 Å². The van der Waals surface area contributed by atoms with Gasteiger partial charge >= 0.3 is 0 Å². The second kappa shape index (κ2) is 6.62. The molecule has 2 rings (SSSR count). The number of benzene rings is 1. The fraction of sp³-hybridized carbons (Fsp3) is 0.312. The van der Waals surface area contributed by atoms with Crippen molar-refractivity contribution in [2.24, 2.45) is 0 Å². The van der Waals surface area contributed by atoms with Crippen LogP contribution in [0.2, 0.25) is 0 Å². The molecule has 0 amide bonds. The number of hydrogen-bond acceptors (Lipinski definition) is 3. The van der Waals surface area contributed by atoms with Crippen molar-refractivity contribution < 1.29 is 9.47 Å². The number of halogens is 1. The van der Waals surface area contributed by atoms with Gasteiger partial charge in [-0.2, -0.15) is 0 Å². The highest BCUT2D eigenvalue weighted by Gasteiger charge is 2.10. The van der Waals surface area contributed by atoms with E-state index < -0.39 is 0 Å². The van der Waals surface area contributed by atoms with Gasteiger partial charge in [0.1, 0.15) is 11.5 Å². The highest BCUT2D eigenvalue weighted by molar-refractivity contribution is 6.17. The van der Waals surface area contributed by atoms with Crippen molar-refractivity contribution in [3.05, 3.63) is 47.2 Å². The number of alkyl halides is 1. The molecule has 0 unspecified atom stereocenters. The van der Waals surface area contributed by atoms with Crippen molar-refractivity contribution in [3.8, 4) is 17.4 Å². The van der Waals surface area contributed by atoms with Crippen molar-refractivity contribution >= 4 is 11.6 Å². The predicted molar refractivity (Wildman–Crippen MR) is 81.0 cm³/mol. The summed E-state index contributed by atoms with van der Waals surface area (Å²) >= 11 is 5.99. The van der Waals surface area contributed by atoms with Crippen LogP contribution in [-0.4, -0.2) is 11.6 Å². The lowest BCUT2D eigenvalue weighted by Gasteiger charge is -2.12. The molecule has 0 bridgehead atoms. The quantitative estimate of drug-likeness (QED) is 0.753. The molecule has 0 radical (unpaired) electrons. The Bertz CT molecular complexity index is 599. The van der Waals surface area contributed by atoms with E-state index in [9.17, 15) is 0 Å². The molecule has 1 heterocycles. The first-order valence-corrected chi connectivity index (χ1v) is 7.11. The van der Waals surface area contributed by atoms with Gasteiger partial charge in [-0.1, -0.05) is 6.07 Å². The van der Waals surface area contributed by atoms with Crippen LogP contribution in [0.15, 0.2) is 30.3 Å². The van der Waals surface area contributed by atoms with E-state index in [1.165, 1.54) is 0 Å². The molecule has 0 aliphatic heterocycles. The molecule has 3 nitrogen and oxygen atoms in total.